The van der Waals surface area contributed by atoms with E-state index in [9.17, 15) is 4.79 Å². The fourth-order valence-corrected chi connectivity index (χ4v) is 2.53. The van der Waals surface area contributed by atoms with E-state index in [1.54, 1.807) is 6.07 Å². The first kappa shape index (κ1) is 12.1. The van der Waals surface area contributed by atoms with Crippen LogP contribution in [-0.4, -0.2) is 16.1 Å². The van der Waals surface area contributed by atoms with Crippen LogP contribution in [0.1, 0.15) is 29.6 Å². The van der Waals surface area contributed by atoms with Gasteiger partial charge in [-0.05, 0) is 17.9 Å². The highest BCUT2D eigenvalue weighted by atomic mass is 35.5. The van der Waals surface area contributed by atoms with Crippen molar-refractivity contribution in [2.75, 3.05) is 0 Å². The molecule has 90 valence electrons. The van der Waals surface area contributed by atoms with Gasteiger partial charge in [0.25, 0.3) is 0 Å². The summed E-state index contributed by atoms with van der Waals surface area (Å²) in [6.45, 7) is 1.96. The molecule has 2 rings (SSSR count). The van der Waals surface area contributed by atoms with E-state index in [0.29, 0.717) is 22.0 Å². The minimum absolute atomic E-state index is 0.0914. The van der Waals surface area contributed by atoms with Crippen LogP contribution in [0, 0.1) is 0 Å². The summed E-state index contributed by atoms with van der Waals surface area (Å²) in [5.74, 6) is -0.906. The van der Waals surface area contributed by atoms with E-state index in [4.69, 9.17) is 21.1 Å². The second-order valence-corrected chi connectivity index (χ2v) is 4.77. The zero-order valence-electron chi connectivity index (χ0n) is 9.07. The molecule has 0 aliphatic rings. The van der Waals surface area contributed by atoms with E-state index in [2.05, 4.69) is 4.98 Å². The van der Waals surface area contributed by atoms with Crippen LogP contribution in [0.25, 0.3) is 10.8 Å². The number of carboxylic acids is 1. The van der Waals surface area contributed by atoms with Crippen molar-refractivity contribution < 1.29 is 14.3 Å². The molecule has 0 fully saturated rings. The summed E-state index contributed by atoms with van der Waals surface area (Å²) in [5, 5.41) is 11.3. The predicted molar refractivity (Wildman–Crippen MR) is 65.8 cm³/mol. The fourth-order valence-electron chi connectivity index (χ4n) is 1.47. The lowest BCUT2D eigenvalue weighted by molar-refractivity contribution is 0.0662. The molecule has 0 saturated carbocycles. The van der Waals surface area contributed by atoms with Crippen LogP contribution < -0.4 is 0 Å². The number of aryl methyl sites for hydroxylation is 1. The molecule has 0 bridgehead atoms. The highest BCUT2D eigenvalue weighted by molar-refractivity contribution is 7.14. The largest absolute Gasteiger partial charge is 0.475 e. The molecular weight excluding hydrogens is 262 g/mol. The number of carbonyl (C=O) groups is 1. The van der Waals surface area contributed by atoms with E-state index >= 15 is 0 Å². The van der Waals surface area contributed by atoms with Crippen molar-refractivity contribution in [3.63, 3.8) is 0 Å². The van der Waals surface area contributed by atoms with Crippen molar-refractivity contribution in [1.29, 1.82) is 0 Å². The van der Waals surface area contributed by atoms with Gasteiger partial charge in [0, 0.05) is 0 Å². The highest BCUT2D eigenvalue weighted by Gasteiger charge is 2.21. The second kappa shape index (κ2) is 4.89. The molecule has 0 spiro atoms. The number of thiophene rings is 1. The number of aromatic nitrogens is 1. The van der Waals surface area contributed by atoms with E-state index in [1.165, 1.54) is 11.3 Å². The maximum absolute atomic E-state index is 11.0. The van der Waals surface area contributed by atoms with Crippen molar-refractivity contribution in [2.45, 2.75) is 19.8 Å². The van der Waals surface area contributed by atoms with Crippen molar-refractivity contribution in [3.8, 4) is 10.8 Å². The summed E-state index contributed by atoms with van der Waals surface area (Å²) < 4.78 is 5.27. The van der Waals surface area contributed by atoms with Crippen LogP contribution in [0.3, 0.4) is 0 Å². The molecule has 2 heterocycles. The minimum Gasteiger partial charge on any atom is -0.475 e. The number of hydrogen-bond donors (Lipinski definition) is 1. The maximum Gasteiger partial charge on any atom is 0.373 e. The van der Waals surface area contributed by atoms with Crippen LogP contribution >= 0.6 is 22.9 Å². The van der Waals surface area contributed by atoms with Gasteiger partial charge in [-0.1, -0.05) is 24.9 Å². The number of oxazole rings is 1. The molecule has 6 heteroatoms. The Bertz CT molecular complexity index is 547. The normalized spacial score (nSPS) is 10.7. The Labute approximate surface area is 107 Å². The standard InChI is InChI=1S/C11H10ClNO3S/c1-2-3-7-8(11(14)15)16-10(13-7)9-6(12)4-5-17-9/h4-5H,2-3H2,1H3,(H,14,15). The minimum atomic E-state index is -1.10. The number of aromatic carboxylic acids is 1. The Balaban J connectivity index is 2.47. The Morgan fingerprint density at radius 3 is 2.94 bits per heavy atom. The number of carboxylic acid groups (broad SMARTS) is 1. The maximum atomic E-state index is 11.0. The summed E-state index contributed by atoms with van der Waals surface area (Å²) in [7, 11) is 0. The van der Waals surface area contributed by atoms with Gasteiger partial charge in [0.05, 0.1) is 10.7 Å². The van der Waals surface area contributed by atoms with E-state index in [1.807, 2.05) is 12.3 Å². The summed E-state index contributed by atoms with van der Waals surface area (Å²) in [4.78, 5) is 15.9. The topological polar surface area (TPSA) is 63.3 Å². The highest BCUT2D eigenvalue weighted by Crippen LogP contribution is 2.33. The summed E-state index contributed by atoms with van der Waals surface area (Å²) in [6.07, 6.45) is 1.39. The Morgan fingerprint density at radius 1 is 1.65 bits per heavy atom. The number of nitrogens with zero attached hydrogens (tertiary/aromatic N) is 1. The predicted octanol–water partition coefficient (Wildman–Crippen LogP) is 3.71. The Kier molecular flexibility index (Phi) is 3.49. The molecule has 0 radical (unpaired) electrons. The molecule has 2 aromatic rings. The monoisotopic (exact) mass is 271 g/mol. The number of hydrogen-bond acceptors (Lipinski definition) is 4. The van der Waals surface area contributed by atoms with Gasteiger partial charge in [-0.3, -0.25) is 0 Å². The average Bonchev–Trinajstić information content (AvgIpc) is 2.84. The lowest BCUT2D eigenvalue weighted by Crippen LogP contribution is -1.99. The van der Waals surface area contributed by atoms with Crippen LogP contribution in [0.15, 0.2) is 15.9 Å². The second-order valence-electron chi connectivity index (χ2n) is 3.45. The number of halogens is 1. The molecule has 0 saturated heterocycles. The van der Waals surface area contributed by atoms with E-state index in [-0.39, 0.29) is 11.7 Å². The lowest BCUT2D eigenvalue weighted by Gasteiger charge is -1.91. The Hall–Kier alpha value is -1.33. The molecule has 2 aromatic heterocycles. The van der Waals surface area contributed by atoms with Gasteiger partial charge in [0.15, 0.2) is 0 Å². The van der Waals surface area contributed by atoms with Gasteiger partial charge >= 0.3 is 5.97 Å². The average molecular weight is 272 g/mol. The zero-order valence-corrected chi connectivity index (χ0v) is 10.6. The first-order valence-electron chi connectivity index (χ1n) is 5.09. The van der Waals surface area contributed by atoms with Crippen molar-refractivity contribution in [2.24, 2.45) is 0 Å². The van der Waals surface area contributed by atoms with E-state index in [0.717, 1.165) is 6.42 Å². The molecule has 17 heavy (non-hydrogen) atoms. The molecule has 1 N–H and O–H groups in total. The molecule has 0 unspecified atom stereocenters. The number of rotatable bonds is 4. The van der Waals surface area contributed by atoms with Crippen LogP contribution in [-0.2, 0) is 6.42 Å². The van der Waals surface area contributed by atoms with Gasteiger partial charge in [0.2, 0.25) is 11.7 Å². The van der Waals surface area contributed by atoms with Crippen molar-refractivity contribution in [3.05, 3.63) is 27.9 Å². The van der Waals surface area contributed by atoms with Crippen molar-refractivity contribution in [1.82, 2.24) is 4.98 Å². The summed E-state index contributed by atoms with van der Waals surface area (Å²) in [5.41, 5.74) is 0.472. The van der Waals surface area contributed by atoms with Gasteiger partial charge < -0.3 is 9.52 Å². The molecule has 4 nitrogen and oxygen atoms in total. The van der Waals surface area contributed by atoms with Crippen LogP contribution in [0.5, 0.6) is 0 Å². The third-order valence-corrected chi connectivity index (χ3v) is 3.52. The van der Waals surface area contributed by atoms with Crippen LogP contribution in [0.2, 0.25) is 5.02 Å². The van der Waals surface area contributed by atoms with Gasteiger partial charge in [0.1, 0.15) is 4.88 Å². The SMILES string of the molecule is CCCc1nc(-c2sccc2Cl)oc1C(=O)O. The fraction of sp³-hybridized carbons (Fsp3) is 0.273. The molecular formula is C11H10ClNO3S. The van der Waals surface area contributed by atoms with Gasteiger partial charge in [-0.15, -0.1) is 11.3 Å². The van der Waals surface area contributed by atoms with E-state index < -0.39 is 5.97 Å². The first-order chi connectivity index (χ1) is 8.13. The quantitative estimate of drug-likeness (QED) is 0.921. The van der Waals surface area contributed by atoms with Crippen molar-refractivity contribution >= 4 is 28.9 Å². The molecule has 0 amide bonds. The Morgan fingerprint density at radius 2 is 2.41 bits per heavy atom. The summed E-state index contributed by atoms with van der Waals surface area (Å²) in [6, 6.07) is 1.73. The molecule has 0 aromatic carbocycles. The molecule has 0 atom stereocenters. The molecule has 0 aliphatic carbocycles. The third-order valence-electron chi connectivity index (χ3n) is 2.19. The third kappa shape index (κ3) is 2.35. The lowest BCUT2D eigenvalue weighted by atomic mass is 10.2. The molecule has 0 aliphatic heterocycles. The zero-order chi connectivity index (χ0) is 12.4. The van der Waals surface area contributed by atoms with Crippen LogP contribution in [0.4, 0.5) is 0 Å². The summed E-state index contributed by atoms with van der Waals surface area (Å²) >= 11 is 7.33. The van der Waals surface area contributed by atoms with Gasteiger partial charge in [-0.2, -0.15) is 0 Å². The van der Waals surface area contributed by atoms with Gasteiger partial charge in [-0.25, -0.2) is 9.78 Å². The first-order valence-corrected chi connectivity index (χ1v) is 6.35. The smallest absolute Gasteiger partial charge is 0.373 e.